The molecule has 0 saturated carbocycles. The van der Waals surface area contributed by atoms with Gasteiger partial charge in [0.25, 0.3) is 0 Å². The number of hydrogen-bond acceptors (Lipinski definition) is 5. The van der Waals surface area contributed by atoms with E-state index in [1.165, 1.54) is 24.2 Å². The molecule has 1 aliphatic heterocycles. The van der Waals surface area contributed by atoms with E-state index in [-0.39, 0.29) is 5.75 Å². The van der Waals surface area contributed by atoms with E-state index in [0.717, 1.165) is 30.0 Å². The monoisotopic (exact) mass is 317 g/mol. The topological polar surface area (TPSA) is 71.1 Å². The Hall–Kier alpha value is -0.660. The van der Waals surface area contributed by atoms with Gasteiger partial charge in [-0.15, -0.1) is 11.3 Å². The number of thiazole rings is 1. The third kappa shape index (κ3) is 4.43. The number of rotatable bonds is 6. The lowest BCUT2D eigenvalue weighted by Crippen LogP contribution is -2.36. The second-order valence-corrected chi connectivity index (χ2v) is 8.28. The smallest absolute Gasteiger partial charge is 0.234 e. The summed E-state index contributed by atoms with van der Waals surface area (Å²) in [6.45, 7) is 5.00. The van der Waals surface area contributed by atoms with E-state index in [2.05, 4.69) is 15.0 Å². The predicted molar refractivity (Wildman–Crippen MR) is 83.9 cm³/mol. The van der Waals surface area contributed by atoms with Crippen molar-refractivity contribution in [2.24, 2.45) is 0 Å². The molecule has 1 aromatic heterocycles. The third-order valence-electron chi connectivity index (χ3n) is 3.62. The highest BCUT2D eigenvalue weighted by Crippen LogP contribution is 2.23. The van der Waals surface area contributed by atoms with Gasteiger partial charge in [-0.25, -0.2) is 13.4 Å². The minimum absolute atomic E-state index is 0.157. The molecule has 1 unspecified atom stereocenters. The Morgan fingerprint density at radius 3 is 2.85 bits per heavy atom. The van der Waals surface area contributed by atoms with Crippen molar-refractivity contribution in [2.75, 3.05) is 17.0 Å². The van der Waals surface area contributed by atoms with E-state index in [1.807, 2.05) is 13.8 Å². The van der Waals surface area contributed by atoms with E-state index in [1.54, 1.807) is 0 Å². The van der Waals surface area contributed by atoms with E-state index in [9.17, 15) is 8.42 Å². The fourth-order valence-corrected chi connectivity index (χ4v) is 4.76. The lowest BCUT2D eigenvalue weighted by molar-refractivity contribution is 0.393. The van der Waals surface area contributed by atoms with Gasteiger partial charge < -0.3 is 5.32 Å². The van der Waals surface area contributed by atoms with Gasteiger partial charge in [0.15, 0.2) is 5.13 Å². The van der Waals surface area contributed by atoms with Crippen LogP contribution >= 0.6 is 11.3 Å². The Morgan fingerprint density at radius 1 is 1.45 bits per heavy atom. The quantitative estimate of drug-likeness (QED) is 0.844. The summed E-state index contributed by atoms with van der Waals surface area (Å²) in [5, 5.41) is 3.87. The zero-order valence-corrected chi connectivity index (χ0v) is 13.7. The molecular weight excluding hydrogens is 294 g/mol. The number of aryl methyl sites for hydroxylation is 2. The lowest BCUT2D eigenvalue weighted by Gasteiger charge is -2.23. The van der Waals surface area contributed by atoms with Gasteiger partial charge in [-0.2, -0.15) is 0 Å². The zero-order valence-electron chi connectivity index (χ0n) is 12.1. The Morgan fingerprint density at radius 2 is 2.25 bits per heavy atom. The molecule has 0 bridgehead atoms. The molecule has 1 fully saturated rings. The number of nitrogens with zero attached hydrogens (tertiary/aromatic N) is 1. The molecule has 0 aliphatic carbocycles. The van der Waals surface area contributed by atoms with E-state index in [4.69, 9.17) is 0 Å². The van der Waals surface area contributed by atoms with Gasteiger partial charge in [0.1, 0.15) is 0 Å². The molecule has 1 atom stereocenters. The van der Waals surface area contributed by atoms with Crippen molar-refractivity contribution < 1.29 is 8.42 Å². The number of hydrogen-bond donors (Lipinski definition) is 2. The molecule has 1 aliphatic rings. The maximum Gasteiger partial charge on any atom is 0.234 e. The molecule has 0 radical (unpaired) electrons. The summed E-state index contributed by atoms with van der Waals surface area (Å²) in [5.41, 5.74) is 0.974. The van der Waals surface area contributed by atoms with E-state index < -0.39 is 10.0 Å². The van der Waals surface area contributed by atoms with Gasteiger partial charge in [0.2, 0.25) is 10.0 Å². The largest absolute Gasteiger partial charge is 0.314 e. The lowest BCUT2D eigenvalue weighted by atomic mass is 10.0. The first-order chi connectivity index (χ1) is 9.50. The summed E-state index contributed by atoms with van der Waals surface area (Å²) in [6.07, 6.45) is 4.96. The van der Waals surface area contributed by atoms with Crippen molar-refractivity contribution in [3.8, 4) is 0 Å². The van der Waals surface area contributed by atoms with Crippen LogP contribution in [0.25, 0.3) is 0 Å². The van der Waals surface area contributed by atoms with Gasteiger partial charge >= 0.3 is 0 Å². The van der Waals surface area contributed by atoms with Crippen LogP contribution in [0.5, 0.6) is 0 Å². The molecule has 2 rings (SSSR count). The molecule has 2 N–H and O–H groups in total. The molecule has 20 heavy (non-hydrogen) atoms. The molecule has 0 amide bonds. The molecule has 5 nitrogen and oxygen atoms in total. The summed E-state index contributed by atoms with van der Waals surface area (Å²) in [6, 6.07) is 0.338. The summed E-state index contributed by atoms with van der Waals surface area (Å²) < 4.78 is 26.8. The fourth-order valence-electron chi connectivity index (χ4n) is 2.45. The highest BCUT2D eigenvalue weighted by molar-refractivity contribution is 7.92. The van der Waals surface area contributed by atoms with Crippen LogP contribution in [-0.2, 0) is 16.4 Å². The van der Waals surface area contributed by atoms with Gasteiger partial charge in [-0.1, -0.05) is 13.3 Å². The number of aromatic nitrogens is 1. The predicted octanol–water partition coefficient (Wildman–Crippen LogP) is 2.29. The zero-order chi connectivity index (χ0) is 14.6. The van der Waals surface area contributed by atoms with Crippen molar-refractivity contribution >= 4 is 26.5 Å². The normalized spacial score (nSPS) is 20.0. The average molecular weight is 317 g/mol. The van der Waals surface area contributed by atoms with Crippen molar-refractivity contribution in [1.29, 1.82) is 0 Å². The van der Waals surface area contributed by atoms with Crippen molar-refractivity contribution in [3.05, 3.63) is 10.6 Å². The SMILES string of the molecule is CCc1nc(NS(=O)(=O)CCC2CCCCN2)sc1C. The fraction of sp³-hybridized carbons (Fsp3) is 0.769. The molecule has 0 spiro atoms. The summed E-state index contributed by atoms with van der Waals surface area (Å²) >= 11 is 1.41. The van der Waals surface area contributed by atoms with Crippen LogP contribution in [0.3, 0.4) is 0 Å². The first-order valence-corrected chi connectivity index (χ1v) is 9.67. The summed E-state index contributed by atoms with van der Waals surface area (Å²) in [4.78, 5) is 5.40. The summed E-state index contributed by atoms with van der Waals surface area (Å²) in [5.74, 6) is 0.157. The molecular formula is C13H23N3O2S2. The van der Waals surface area contributed by atoms with Crippen LogP contribution in [0.1, 0.15) is 43.2 Å². The van der Waals surface area contributed by atoms with Gasteiger partial charge in [0.05, 0.1) is 11.4 Å². The molecule has 2 heterocycles. The van der Waals surface area contributed by atoms with Crippen LogP contribution in [0, 0.1) is 6.92 Å². The molecule has 114 valence electrons. The van der Waals surface area contributed by atoms with Crippen LogP contribution in [-0.4, -0.2) is 31.7 Å². The second-order valence-electron chi connectivity index (χ2n) is 5.23. The third-order valence-corrected chi connectivity index (χ3v) is 5.95. The Kier molecular flexibility index (Phi) is 5.40. The number of piperidine rings is 1. The summed E-state index contributed by atoms with van der Waals surface area (Å²) in [7, 11) is -3.29. The van der Waals surface area contributed by atoms with Gasteiger partial charge in [-0.3, -0.25) is 4.72 Å². The molecule has 1 aromatic rings. The average Bonchev–Trinajstić information content (AvgIpc) is 2.77. The standard InChI is InChI=1S/C13H23N3O2S2/c1-3-12-10(2)19-13(15-12)16-20(17,18)9-7-11-6-4-5-8-14-11/h11,14H,3-9H2,1-2H3,(H,15,16). The second kappa shape index (κ2) is 6.87. The maximum atomic E-state index is 12.1. The first-order valence-electron chi connectivity index (χ1n) is 7.20. The van der Waals surface area contributed by atoms with E-state index >= 15 is 0 Å². The van der Waals surface area contributed by atoms with Crippen molar-refractivity contribution in [2.45, 2.75) is 52.0 Å². The van der Waals surface area contributed by atoms with Crippen molar-refractivity contribution in [3.63, 3.8) is 0 Å². The highest BCUT2D eigenvalue weighted by atomic mass is 32.2. The highest BCUT2D eigenvalue weighted by Gasteiger charge is 2.19. The Balaban J connectivity index is 1.89. The van der Waals surface area contributed by atoms with Gasteiger partial charge in [0, 0.05) is 10.9 Å². The maximum absolute atomic E-state index is 12.1. The molecule has 7 heteroatoms. The minimum Gasteiger partial charge on any atom is -0.314 e. The number of nitrogens with one attached hydrogen (secondary N) is 2. The molecule has 1 saturated heterocycles. The first kappa shape index (κ1) is 15.7. The Labute approximate surface area is 125 Å². The van der Waals surface area contributed by atoms with Crippen LogP contribution in [0.15, 0.2) is 0 Å². The Bertz CT molecular complexity index is 534. The molecule has 0 aromatic carbocycles. The van der Waals surface area contributed by atoms with Gasteiger partial charge in [-0.05, 0) is 39.2 Å². The number of anilines is 1. The van der Waals surface area contributed by atoms with E-state index in [0.29, 0.717) is 17.6 Å². The van der Waals surface area contributed by atoms with Crippen molar-refractivity contribution in [1.82, 2.24) is 10.3 Å². The number of sulfonamides is 1. The van der Waals surface area contributed by atoms with Crippen LogP contribution in [0.4, 0.5) is 5.13 Å². The van der Waals surface area contributed by atoms with Crippen LogP contribution < -0.4 is 10.0 Å². The van der Waals surface area contributed by atoms with Crippen LogP contribution in [0.2, 0.25) is 0 Å². The minimum atomic E-state index is -3.29.